The van der Waals surface area contributed by atoms with Crippen molar-refractivity contribution in [2.45, 2.75) is 53.1 Å². The van der Waals surface area contributed by atoms with Crippen LogP contribution in [0.3, 0.4) is 0 Å². The lowest BCUT2D eigenvalue weighted by Crippen LogP contribution is -2.19. The molecule has 2 rings (SSSR count). The maximum absolute atomic E-state index is 6.45. The Balaban J connectivity index is 2.28. The van der Waals surface area contributed by atoms with Crippen LogP contribution in [0.25, 0.3) is 0 Å². The van der Waals surface area contributed by atoms with Crippen molar-refractivity contribution in [2.24, 2.45) is 5.73 Å². The van der Waals surface area contributed by atoms with Gasteiger partial charge in [-0.2, -0.15) is 5.10 Å². The number of hydrogen-bond donors (Lipinski definition) is 1. The average molecular weight is 271 g/mol. The van der Waals surface area contributed by atoms with Crippen molar-refractivity contribution < 1.29 is 0 Å². The first-order valence-electron chi connectivity index (χ1n) is 7.44. The molecule has 2 N–H and O–H groups in total. The Kier molecular flexibility index (Phi) is 4.61. The Hall–Kier alpha value is -1.61. The highest BCUT2D eigenvalue weighted by Crippen LogP contribution is 2.22. The minimum Gasteiger partial charge on any atom is -0.322 e. The summed E-state index contributed by atoms with van der Waals surface area (Å²) in [7, 11) is 0. The number of benzene rings is 1. The number of aromatic nitrogens is 2. The first-order chi connectivity index (χ1) is 9.56. The molecule has 3 heteroatoms. The highest BCUT2D eigenvalue weighted by molar-refractivity contribution is 5.35. The lowest BCUT2D eigenvalue weighted by atomic mass is 9.95. The summed E-state index contributed by atoms with van der Waals surface area (Å²) in [5.74, 6) is 0. The third kappa shape index (κ3) is 2.93. The zero-order valence-corrected chi connectivity index (χ0v) is 13.0. The quantitative estimate of drug-likeness (QED) is 0.906. The van der Waals surface area contributed by atoms with Crippen LogP contribution in [-0.2, 0) is 19.4 Å². The summed E-state index contributed by atoms with van der Waals surface area (Å²) in [6.45, 7) is 9.42. The molecule has 0 aliphatic rings. The largest absolute Gasteiger partial charge is 0.322 e. The van der Waals surface area contributed by atoms with Gasteiger partial charge >= 0.3 is 0 Å². The molecule has 0 amide bonds. The Labute approximate surface area is 121 Å². The van der Waals surface area contributed by atoms with Gasteiger partial charge in [-0.3, -0.25) is 4.68 Å². The van der Waals surface area contributed by atoms with Gasteiger partial charge in [0, 0.05) is 6.54 Å². The topological polar surface area (TPSA) is 43.8 Å². The fourth-order valence-electron chi connectivity index (χ4n) is 2.71. The molecule has 0 aliphatic heterocycles. The van der Waals surface area contributed by atoms with E-state index in [0.717, 1.165) is 30.8 Å². The van der Waals surface area contributed by atoms with Gasteiger partial charge in [-0.15, -0.1) is 0 Å². The summed E-state index contributed by atoms with van der Waals surface area (Å²) in [5, 5.41) is 4.59. The molecule has 1 unspecified atom stereocenters. The van der Waals surface area contributed by atoms with E-state index in [-0.39, 0.29) is 6.04 Å². The lowest BCUT2D eigenvalue weighted by molar-refractivity contribution is 0.564. The van der Waals surface area contributed by atoms with Crippen LogP contribution in [0.4, 0.5) is 0 Å². The van der Waals surface area contributed by atoms with Crippen molar-refractivity contribution in [3.8, 4) is 0 Å². The van der Waals surface area contributed by atoms with Gasteiger partial charge in [0.1, 0.15) is 0 Å². The van der Waals surface area contributed by atoms with Gasteiger partial charge < -0.3 is 5.73 Å². The van der Waals surface area contributed by atoms with Crippen molar-refractivity contribution in [2.75, 3.05) is 0 Å². The van der Waals surface area contributed by atoms with Crippen molar-refractivity contribution in [1.29, 1.82) is 0 Å². The second-order valence-corrected chi connectivity index (χ2v) is 5.41. The molecule has 1 aromatic carbocycles. The van der Waals surface area contributed by atoms with Gasteiger partial charge in [-0.25, -0.2) is 0 Å². The van der Waals surface area contributed by atoms with E-state index in [1.54, 1.807) is 0 Å². The molecule has 0 saturated carbocycles. The molecule has 1 atom stereocenters. The van der Waals surface area contributed by atoms with E-state index in [1.807, 2.05) is 4.68 Å². The fraction of sp³-hybridized carbons (Fsp3) is 0.471. The van der Waals surface area contributed by atoms with Crippen LogP contribution >= 0.6 is 0 Å². The molecule has 0 radical (unpaired) electrons. The molecule has 0 bridgehead atoms. The van der Waals surface area contributed by atoms with Gasteiger partial charge in [0.25, 0.3) is 0 Å². The van der Waals surface area contributed by atoms with E-state index in [2.05, 4.69) is 57.1 Å². The Morgan fingerprint density at radius 1 is 1.20 bits per heavy atom. The third-order valence-corrected chi connectivity index (χ3v) is 3.97. The molecule has 20 heavy (non-hydrogen) atoms. The lowest BCUT2D eigenvalue weighted by Gasteiger charge is -2.16. The molecule has 2 aromatic rings. The van der Waals surface area contributed by atoms with E-state index in [0.29, 0.717) is 0 Å². The number of nitrogens with two attached hydrogens (primary N) is 1. The van der Waals surface area contributed by atoms with Crippen LogP contribution < -0.4 is 5.73 Å². The van der Waals surface area contributed by atoms with Crippen molar-refractivity contribution in [3.63, 3.8) is 0 Å². The van der Waals surface area contributed by atoms with Gasteiger partial charge in [-0.05, 0) is 56.4 Å². The normalized spacial score (nSPS) is 12.7. The highest BCUT2D eigenvalue weighted by atomic mass is 15.3. The second-order valence-electron chi connectivity index (χ2n) is 5.41. The molecule has 1 heterocycles. The van der Waals surface area contributed by atoms with Crippen molar-refractivity contribution >= 4 is 0 Å². The Bertz CT molecular complexity index is 564. The molecule has 0 fully saturated rings. The maximum atomic E-state index is 6.45. The second kappa shape index (κ2) is 6.23. The molecule has 108 valence electrons. The number of rotatable bonds is 5. The average Bonchev–Trinajstić information content (AvgIpc) is 2.86. The summed E-state index contributed by atoms with van der Waals surface area (Å²) < 4.78 is 2.04. The van der Waals surface area contributed by atoms with Gasteiger partial charge in [0.2, 0.25) is 0 Å². The molecular formula is C17H25N3. The van der Waals surface area contributed by atoms with E-state index in [4.69, 9.17) is 5.73 Å². The third-order valence-electron chi connectivity index (χ3n) is 3.97. The molecule has 0 aliphatic carbocycles. The van der Waals surface area contributed by atoms with Crippen LogP contribution in [0.2, 0.25) is 0 Å². The van der Waals surface area contributed by atoms with E-state index < -0.39 is 0 Å². The summed E-state index contributed by atoms with van der Waals surface area (Å²) in [5.41, 5.74) is 12.7. The van der Waals surface area contributed by atoms with Crippen molar-refractivity contribution in [3.05, 3.63) is 52.3 Å². The summed E-state index contributed by atoms with van der Waals surface area (Å²) >= 11 is 0. The highest BCUT2D eigenvalue weighted by Gasteiger charge is 2.16. The van der Waals surface area contributed by atoms with Gasteiger partial charge in [0.15, 0.2) is 0 Å². The minimum atomic E-state index is 0.00236. The predicted octanol–water partition coefficient (Wildman–Crippen LogP) is 3.32. The van der Waals surface area contributed by atoms with Crippen molar-refractivity contribution in [1.82, 2.24) is 9.78 Å². The fourth-order valence-corrected chi connectivity index (χ4v) is 2.71. The monoisotopic (exact) mass is 271 g/mol. The molecular weight excluding hydrogens is 246 g/mol. The number of aryl methyl sites for hydroxylation is 4. The number of hydrogen-bond acceptors (Lipinski definition) is 2. The van der Waals surface area contributed by atoms with E-state index in [9.17, 15) is 0 Å². The maximum Gasteiger partial charge on any atom is 0.0625 e. The van der Waals surface area contributed by atoms with E-state index >= 15 is 0 Å². The summed E-state index contributed by atoms with van der Waals surface area (Å²) in [6.07, 6.45) is 1.82. The zero-order valence-electron chi connectivity index (χ0n) is 13.0. The predicted molar refractivity (Wildman–Crippen MR) is 83.8 cm³/mol. The minimum absolute atomic E-state index is 0.00236. The first kappa shape index (κ1) is 14.8. The van der Waals surface area contributed by atoms with Crippen LogP contribution in [0, 0.1) is 13.8 Å². The number of nitrogens with zero attached hydrogens (tertiary/aromatic N) is 2. The van der Waals surface area contributed by atoms with E-state index in [1.165, 1.54) is 16.7 Å². The van der Waals surface area contributed by atoms with Crippen LogP contribution in [0.1, 0.15) is 48.0 Å². The van der Waals surface area contributed by atoms with Crippen LogP contribution in [0.5, 0.6) is 0 Å². The Morgan fingerprint density at radius 3 is 2.40 bits per heavy atom. The molecule has 3 nitrogen and oxygen atoms in total. The summed E-state index contributed by atoms with van der Waals surface area (Å²) in [4.78, 5) is 0. The van der Waals surface area contributed by atoms with Crippen LogP contribution in [-0.4, -0.2) is 9.78 Å². The zero-order chi connectivity index (χ0) is 14.7. The smallest absolute Gasteiger partial charge is 0.0625 e. The standard InChI is InChI=1S/C17H25N3/c1-5-14-10-17(20(6-2)19-14)16(18)11-15-12(3)8-7-9-13(15)4/h7-10,16H,5-6,11,18H2,1-4H3. The summed E-state index contributed by atoms with van der Waals surface area (Å²) in [6, 6.07) is 8.57. The first-order valence-corrected chi connectivity index (χ1v) is 7.44. The molecule has 1 aromatic heterocycles. The van der Waals surface area contributed by atoms with Gasteiger partial charge in [-0.1, -0.05) is 25.1 Å². The Morgan fingerprint density at radius 2 is 1.85 bits per heavy atom. The molecule has 0 saturated heterocycles. The van der Waals surface area contributed by atoms with Gasteiger partial charge in [0.05, 0.1) is 17.4 Å². The SMILES string of the molecule is CCc1cc(C(N)Cc2c(C)cccc2C)n(CC)n1. The van der Waals surface area contributed by atoms with Crippen LogP contribution in [0.15, 0.2) is 24.3 Å². The molecule has 0 spiro atoms.